The van der Waals surface area contributed by atoms with Crippen molar-refractivity contribution in [3.63, 3.8) is 0 Å². The Hall–Kier alpha value is -0.750. The average molecular weight is 435 g/mol. The van der Waals surface area contributed by atoms with E-state index in [0.29, 0.717) is 6.08 Å². The van der Waals surface area contributed by atoms with Crippen molar-refractivity contribution in [1.82, 2.24) is 0 Å². The maximum Gasteiger partial charge on any atom is 0.841 e. The number of esters is 1. The van der Waals surface area contributed by atoms with Crippen molar-refractivity contribution in [2.24, 2.45) is 0 Å². The molecule has 1 atom stereocenters. The largest absolute Gasteiger partial charge is 0.841 e. The van der Waals surface area contributed by atoms with Crippen LogP contribution in [-0.2, 0) is 18.5 Å². The molecule has 0 fully saturated rings. The zero-order valence-electron chi connectivity index (χ0n) is 11.0. The van der Waals surface area contributed by atoms with Gasteiger partial charge in [0.1, 0.15) is 0 Å². The van der Waals surface area contributed by atoms with Gasteiger partial charge < -0.3 is 44.4 Å². The number of hydrogen-bond donors (Lipinski definition) is 0. The van der Waals surface area contributed by atoms with Gasteiger partial charge in [0.05, 0.1) is 6.61 Å². The fraction of sp³-hybridized carbons (Fsp3) is 0.625. The van der Waals surface area contributed by atoms with Gasteiger partial charge in [0, 0.05) is 6.08 Å². The van der Waals surface area contributed by atoms with E-state index in [1.54, 1.807) is 0 Å². The second-order valence-electron chi connectivity index (χ2n) is 3.34. The standard InChI is InChI=1S/C8H12B2F6IO4/c1-3-18-7(20-9(11,12)13)5-6(17)8(19-4-2)21-10(14,15)16/h5-6H,3-4H2,1-2H3/q-1/b7-5-. The van der Waals surface area contributed by atoms with Crippen molar-refractivity contribution in [3.05, 3.63) is 12.0 Å². The summed E-state index contributed by atoms with van der Waals surface area (Å²) in [5.74, 6) is -1.85. The number of hydrogen-bond acceptors (Lipinski definition) is 3. The van der Waals surface area contributed by atoms with E-state index in [1.807, 2.05) is 0 Å². The first kappa shape index (κ1) is 20.2. The molecule has 13 heteroatoms. The normalized spacial score (nSPS) is 15.7. The molecule has 0 saturated heterocycles. The van der Waals surface area contributed by atoms with Crippen molar-refractivity contribution in [2.45, 2.75) is 17.8 Å². The van der Waals surface area contributed by atoms with E-state index in [1.165, 1.54) is 36.4 Å². The van der Waals surface area contributed by atoms with Crippen LogP contribution in [0.4, 0.5) is 25.9 Å². The van der Waals surface area contributed by atoms with E-state index in [9.17, 15) is 25.9 Å². The molecule has 0 radical (unpaired) electrons. The Balaban J connectivity index is 5.24. The van der Waals surface area contributed by atoms with Crippen LogP contribution in [-0.4, -0.2) is 37.5 Å². The van der Waals surface area contributed by atoms with Crippen molar-refractivity contribution in [2.75, 3.05) is 13.2 Å². The summed E-state index contributed by atoms with van der Waals surface area (Å²) >= 11 is 1.40. The Kier molecular flexibility index (Phi) is 8.33. The zero-order valence-corrected chi connectivity index (χ0v) is 13.2. The fourth-order valence-corrected chi connectivity index (χ4v) is 1.66. The Morgan fingerprint density at radius 1 is 1.10 bits per heavy atom. The summed E-state index contributed by atoms with van der Waals surface area (Å²) < 4.78 is 88.4. The highest BCUT2D eigenvalue weighted by atomic mass is 127. The first-order valence-corrected chi connectivity index (χ1v) is 6.96. The summed E-state index contributed by atoms with van der Waals surface area (Å²) in [6.45, 7) is 2.49. The van der Waals surface area contributed by atoms with Crippen LogP contribution in [0.2, 0.25) is 0 Å². The topological polar surface area (TPSA) is 39.0 Å². The van der Waals surface area contributed by atoms with Crippen LogP contribution in [0.5, 0.6) is 0 Å². The molecule has 0 N–H and O–H groups in total. The van der Waals surface area contributed by atoms with Crippen LogP contribution in [0.1, 0.15) is 13.8 Å². The quantitative estimate of drug-likeness (QED) is 0.112. The molecule has 0 aliphatic heterocycles. The number of alkyl halides is 1. The summed E-state index contributed by atoms with van der Waals surface area (Å²) in [6.07, 6.45) is 0.687. The minimum absolute atomic E-state index is 0.150. The Bertz CT molecular complexity index is 384. The third-order valence-electron chi connectivity index (χ3n) is 1.58. The van der Waals surface area contributed by atoms with Gasteiger partial charge in [-0.2, -0.15) is 0 Å². The minimum atomic E-state index is -5.66. The lowest BCUT2D eigenvalue weighted by Gasteiger charge is -2.21. The lowest BCUT2D eigenvalue weighted by atomic mass is 10.2. The van der Waals surface area contributed by atoms with E-state index in [-0.39, 0.29) is 13.2 Å². The molecule has 0 saturated carbocycles. The van der Waals surface area contributed by atoms with Gasteiger partial charge in [-0.05, 0) is 13.8 Å². The molecular weight excluding hydrogens is 423 g/mol. The highest BCUT2D eigenvalue weighted by Crippen LogP contribution is 2.19. The second kappa shape index (κ2) is 8.63. The Labute approximate surface area is 130 Å². The monoisotopic (exact) mass is 435 g/mol. The van der Waals surface area contributed by atoms with Gasteiger partial charge in [-0.15, -0.1) is 0 Å². The van der Waals surface area contributed by atoms with Crippen molar-refractivity contribution >= 4 is 42.9 Å². The molecule has 21 heavy (non-hydrogen) atoms. The van der Waals surface area contributed by atoms with Gasteiger partial charge in [0.25, 0.3) is 0 Å². The summed E-state index contributed by atoms with van der Waals surface area (Å²) in [4.78, 5) is 0. The van der Waals surface area contributed by atoms with Crippen LogP contribution in [0, 0.1) is 0 Å². The van der Waals surface area contributed by atoms with Gasteiger partial charge in [-0.1, -0.05) is 22.6 Å². The SMILES string of the molecule is CCOC(=[O+][B-](F)(F)F)C(I)/C=C(/OCC)O[B-](F)(F)F. The molecule has 1 unspecified atom stereocenters. The van der Waals surface area contributed by atoms with E-state index in [4.69, 9.17) is 0 Å². The van der Waals surface area contributed by atoms with E-state index in [2.05, 4.69) is 18.5 Å². The van der Waals surface area contributed by atoms with Crippen molar-refractivity contribution in [3.8, 4) is 0 Å². The number of carbonyl (C=O) groups excluding carboxylic acids is 1. The first-order valence-electron chi connectivity index (χ1n) is 5.72. The zero-order chi connectivity index (χ0) is 16.7. The van der Waals surface area contributed by atoms with E-state index in [0.717, 1.165) is 0 Å². The van der Waals surface area contributed by atoms with Crippen LogP contribution in [0.15, 0.2) is 12.0 Å². The third-order valence-corrected chi connectivity index (χ3v) is 2.45. The molecule has 0 aromatic heterocycles. The molecule has 0 amide bonds. The third kappa shape index (κ3) is 10.6. The van der Waals surface area contributed by atoms with Gasteiger partial charge in [0.2, 0.25) is 5.95 Å². The Morgan fingerprint density at radius 3 is 2.00 bits per heavy atom. The van der Waals surface area contributed by atoms with Gasteiger partial charge >= 0.3 is 20.3 Å². The molecule has 0 aliphatic carbocycles. The minimum Gasteiger partial charge on any atom is -0.609 e. The van der Waals surface area contributed by atoms with Crippen molar-refractivity contribution in [1.29, 1.82) is 0 Å². The first-order chi connectivity index (χ1) is 9.48. The maximum absolute atomic E-state index is 12.2. The Morgan fingerprint density at radius 2 is 1.62 bits per heavy atom. The number of ether oxygens (including phenoxy) is 2. The number of halogens is 7. The van der Waals surface area contributed by atoms with E-state index >= 15 is 0 Å². The molecule has 0 spiro atoms. The van der Waals surface area contributed by atoms with Crippen LogP contribution >= 0.6 is 22.6 Å². The summed E-state index contributed by atoms with van der Waals surface area (Å²) in [5, 5.41) is 0. The maximum atomic E-state index is 12.2. The lowest BCUT2D eigenvalue weighted by molar-refractivity contribution is -0.366. The molecule has 124 valence electrons. The highest BCUT2D eigenvalue weighted by molar-refractivity contribution is 14.1. The molecule has 0 aromatic rings. The molecule has 0 rings (SSSR count). The summed E-state index contributed by atoms with van der Waals surface area (Å²) in [5.41, 5.74) is 0. The molecule has 0 bridgehead atoms. The highest BCUT2D eigenvalue weighted by Gasteiger charge is 2.40. The molecule has 0 aliphatic rings. The van der Waals surface area contributed by atoms with Crippen LogP contribution in [0.3, 0.4) is 0 Å². The number of rotatable bonds is 8. The smallest absolute Gasteiger partial charge is 0.609 e. The van der Waals surface area contributed by atoms with E-state index < -0.39 is 30.2 Å². The van der Waals surface area contributed by atoms with Crippen molar-refractivity contribution < 1.29 is 44.4 Å². The van der Waals surface area contributed by atoms with Gasteiger partial charge in [-0.25, -0.2) is 0 Å². The fourth-order valence-electron chi connectivity index (χ4n) is 1.04. The van der Waals surface area contributed by atoms with Gasteiger partial charge in [-0.3, -0.25) is 0 Å². The summed E-state index contributed by atoms with van der Waals surface area (Å²) in [7, 11) is -11.3. The van der Waals surface area contributed by atoms with Crippen LogP contribution in [0.25, 0.3) is 0 Å². The van der Waals surface area contributed by atoms with Crippen LogP contribution < -0.4 is 0 Å². The molecule has 0 aromatic carbocycles. The molecule has 4 nitrogen and oxygen atoms in total. The molecule has 0 heterocycles. The predicted octanol–water partition coefficient (Wildman–Crippen LogP) is 3.47. The predicted molar refractivity (Wildman–Crippen MR) is 73.4 cm³/mol. The summed E-state index contributed by atoms with van der Waals surface area (Å²) in [6, 6.07) is 0. The molecular formula is C8H12B2F6IO4-. The van der Waals surface area contributed by atoms with Gasteiger partial charge in [0.15, 0.2) is 10.5 Å². The lowest BCUT2D eigenvalue weighted by Crippen LogP contribution is -2.29. The second-order valence-corrected chi connectivity index (χ2v) is 4.68. The average Bonchev–Trinajstić information content (AvgIpc) is 2.24.